The SMILES string of the molecule is Fc1cc(OC(F)(F)c2ccc(-c3ccc(/C=C/C4OCCO4)c(F)c3F)cc2)cc(F)c1F. The van der Waals surface area contributed by atoms with E-state index in [2.05, 4.69) is 4.74 Å². The van der Waals surface area contributed by atoms with Gasteiger partial charge in [-0.3, -0.25) is 0 Å². The minimum absolute atomic E-state index is 0.0596. The zero-order valence-corrected chi connectivity index (χ0v) is 17.1. The third-order valence-electron chi connectivity index (χ3n) is 4.93. The lowest BCUT2D eigenvalue weighted by molar-refractivity contribution is -0.185. The standard InChI is InChI=1S/C24H15F7O3/c25-18-11-16(12-19(26)23(18)29)34-24(30,31)15-5-1-13(2-6-15)17-7-3-14(21(27)22(17)28)4-8-20-32-9-10-33-20/h1-8,11-12,20H,9-10H2/b8-4+. The monoisotopic (exact) mass is 484 g/mol. The highest BCUT2D eigenvalue weighted by Crippen LogP contribution is 2.35. The second kappa shape index (κ2) is 9.47. The summed E-state index contributed by atoms with van der Waals surface area (Å²) in [7, 11) is 0. The Morgan fingerprint density at radius 1 is 0.794 bits per heavy atom. The number of hydrogen-bond acceptors (Lipinski definition) is 3. The van der Waals surface area contributed by atoms with E-state index in [-0.39, 0.29) is 28.8 Å². The van der Waals surface area contributed by atoms with Gasteiger partial charge >= 0.3 is 6.11 Å². The molecule has 0 atom stereocenters. The van der Waals surface area contributed by atoms with Gasteiger partial charge in [0.2, 0.25) is 0 Å². The molecule has 1 aliphatic heterocycles. The highest BCUT2D eigenvalue weighted by atomic mass is 19.3. The van der Waals surface area contributed by atoms with Crippen LogP contribution in [0, 0.1) is 29.1 Å². The van der Waals surface area contributed by atoms with Crippen molar-refractivity contribution in [2.75, 3.05) is 13.2 Å². The van der Waals surface area contributed by atoms with Gasteiger partial charge in [0.15, 0.2) is 35.4 Å². The summed E-state index contributed by atoms with van der Waals surface area (Å²) in [5.74, 6) is -8.49. The average Bonchev–Trinajstić information content (AvgIpc) is 3.32. The van der Waals surface area contributed by atoms with Crippen LogP contribution >= 0.6 is 0 Å². The van der Waals surface area contributed by atoms with Crippen molar-refractivity contribution < 1.29 is 44.9 Å². The van der Waals surface area contributed by atoms with E-state index in [1.165, 1.54) is 24.3 Å². The quantitative estimate of drug-likeness (QED) is 0.293. The molecule has 10 heteroatoms. The van der Waals surface area contributed by atoms with Crippen LogP contribution in [0.2, 0.25) is 0 Å². The molecule has 1 aliphatic rings. The van der Waals surface area contributed by atoms with E-state index in [0.717, 1.165) is 24.3 Å². The second-order valence-electron chi connectivity index (χ2n) is 7.20. The third-order valence-corrected chi connectivity index (χ3v) is 4.93. The van der Waals surface area contributed by atoms with Crippen molar-refractivity contribution in [3.63, 3.8) is 0 Å². The van der Waals surface area contributed by atoms with Crippen LogP contribution in [0.5, 0.6) is 5.75 Å². The van der Waals surface area contributed by atoms with E-state index >= 15 is 0 Å². The fraction of sp³-hybridized carbons (Fsp3) is 0.167. The molecule has 1 saturated heterocycles. The summed E-state index contributed by atoms with van der Waals surface area (Å²) in [6, 6.07) is 7.11. The van der Waals surface area contributed by atoms with Gasteiger partial charge in [0.05, 0.1) is 18.8 Å². The Bertz CT molecular complexity index is 1200. The number of ether oxygens (including phenoxy) is 3. The van der Waals surface area contributed by atoms with Crippen molar-refractivity contribution in [3.8, 4) is 16.9 Å². The van der Waals surface area contributed by atoms with Gasteiger partial charge in [0, 0.05) is 23.3 Å². The molecule has 0 saturated carbocycles. The summed E-state index contributed by atoms with van der Waals surface area (Å²) in [6.45, 7) is 0.783. The summed E-state index contributed by atoms with van der Waals surface area (Å²) in [4.78, 5) is 0. The number of alkyl halides is 2. The van der Waals surface area contributed by atoms with Gasteiger partial charge in [-0.25, -0.2) is 22.0 Å². The van der Waals surface area contributed by atoms with Crippen molar-refractivity contribution in [2.45, 2.75) is 12.4 Å². The van der Waals surface area contributed by atoms with Crippen molar-refractivity contribution in [1.82, 2.24) is 0 Å². The van der Waals surface area contributed by atoms with Gasteiger partial charge in [-0.15, -0.1) is 0 Å². The predicted molar refractivity (Wildman–Crippen MR) is 107 cm³/mol. The molecule has 3 aromatic rings. The van der Waals surface area contributed by atoms with Crippen molar-refractivity contribution >= 4 is 6.08 Å². The Morgan fingerprint density at radius 3 is 2.03 bits per heavy atom. The molecular formula is C24H15F7O3. The van der Waals surface area contributed by atoms with Gasteiger partial charge < -0.3 is 14.2 Å². The first-order valence-electron chi connectivity index (χ1n) is 9.87. The van der Waals surface area contributed by atoms with Crippen LogP contribution in [-0.4, -0.2) is 19.5 Å². The lowest BCUT2D eigenvalue weighted by atomic mass is 10.0. The number of hydrogen-bond donors (Lipinski definition) is 0. The first kappa shape index (κ1) is 23.8. The van der Waals surface area contributed by atoms with Gasteiger partial charge in [-0.05, 0) is 23.8 Å². The third kappa shape index (κ3) is 4.92. The molecule has 1 fully saturated rings. The molecule has 34 heavy (non-hydrogen) atoms. The maximum atomic E-state index is 14.6. The van der Waals surface area contributed by atoms with E-state index in [0.29, 0.717) is 13.2 Å². The molecule has 0 aromatic heterocycles. The van der Waals surface area contributed by atoms with Gasteiger partial charge in [-0.2, -0.15) is 8.78 Å². The van der Waals surface area contributed by atoms with Crippen LogP contribution < -0.4 is 4.74 Å². The number of benzene rings is 3. The molecule has 4 rings (SSSR count). The summed E-state index contributed by atoms with van der Waals surface area (Å²) >= 11 is 0. The lowest BCUT2D eigenvalue weighted by Gasteiger charge is -2.19. The van der Waals surface area contributed by atoms with Crippen LogP contribution in [-0.2, 0) is 15.6 Å². The molecule has 0 N–H and O–H groups in total. The summed E-state index contributed by atoms with van der Waals surface area (Å²) in [5.41, 5.74) is -0.886. The van der Waals surface area contributed by atoms with E-state index in [9.17, 15) is 30.7 Å². The molecule has 0 radical (unpaired) electrons. The molecule has 0 amide bonds. The second-order valence-corrected chi connectivity index (χ2v) is 7.20. The highest BCUT2D eigenvalue weighted by Gasteiger charge is 2.35. The number of rotatable bonds is 6. The van der Waals surface area contributed by atoms with E-state index < -0.39 is 52.8 Å². The topological polar surface area (TPSA) is 27.7 Å². The van der Waals surface area contributed by atoms with Crippen LogP contribution in [0.1, 0.15) is 11.1 Å². The van der Waals surface area contributed by atoms with E-state index in [1.54, 1.807) is 0 Å². The normalized spacial score (nSPS) is 14.8. The smallest absolute Gasteiger partial charge is 0.426 e. The zero-order valence-electron chi connectivity index (χ0n) is 17.1. The Hall–Kier alpha value is -3.37. The first-order valence-corrected chi connectivity index (χ1v) is 9.87. The molecule has 3 aromatic carbocycles. The van der Waals surface area contributed by atoms with Crippen LogP contribution in [0.3, 0.4) is 0 Å². The van der Waals surface area contributed by atoms with Crippen molar-refractivity contribution in [3.05, 3.63) is 94.8 Å². The van der Waals surface area contributed by atoms with Crippen molar-refractivity contribution in [2.24, 2.45) is 0 Å². The fourth-order valence-corrected chi connectivity index (χ4v) is 3.23. The summed E-state index contributed by atoms with van der Waals surface area (Å²) in [5, 5.41) is 0. The molecular weight excluding hydrogens is 469 g/mol. The van der Waals surface area contributed by atoms with E-state index in [1.807, 2.05) is 0 Å². The fourth-order valence-electron chi connectivity index (χ4n) is 3.23. The summed E-state index contributed by atoms with van der Waals surface area (Å²) in [6.07, 6.45) is -1.97. The van der Waals surface area contributed by atoms with Gasteiger partial charge in [0.25, 0.3) is 0 Å². The Morgan fingerprint density at radius 2 is 1.41 bits per heavy atom. The van der Waals surface area contributed by atoms with Crippen molar-refractivity contribution in [1.29, 1.82) is 0 Å². The Balaban J connectivity index is 1.54. The molecule has 1 heterocycles. The largest absolute Gasteiger partial charge is 0.429 e. The Kier molecular flexibility index (Phi) is 6.63. The van der Waals surface area contributed by atoms with Crippen LogP contribution in [0.15, 0.2) is 54.6 Å². The van der Waals surface area contributed by atoms with E-state index in [4.69, 9.17) is 9.47 Å². The van der Waals surface area contributed by atoms with Crippen LogP contribution in [0.25, 0.3) is 17.2 Å². The minimum atomic E-state index is -4.06. The van der Waals surface area contributed by atoms with Gasteiger partial charge in [-0.1, -0.05) is 30.3 Å². The summed E-state index contributed by atoms with van der Waals surface area (Å²) < 4.78 is 112. The molecule has 0 aliphatic carbocycles. The average molecular weight is 484 g/mol. The maximum absolute atomic E-state index is 14.6. The molecule has 0 unspecified atom stereocenters. The Labute approximate surface area is 189 Å². The zero-order chi connectivity index (χ0) is 24.5. The minimum Gasteiger partial charge on any atom is -0.429 e. The molecule has 178 valence electrons. The van der Waals surface area contributed by atoms with Crippen LogP contribution in [0.4, 0.5) is 30.7 Å². The highest BCUT2D eigenvalue weighted by molar-refractivity contribution is 5.67. The maximum Gasteiger partial charge on any atom is 0.426 e. The molecule has 0 spiro atoms. The van der Waals surface area contributed by atoms with Gasteiger partial charge in [0.1, 0.15) is 5.75 Å². The molecule has 0 bridgehead atoms. The molecule has 3 nitrogen and oxygen atoms in total. The lowest BCUT2D eigenvalue weighted by Crippen LogP contribution is -2.22. The predicted octanol–water partition coefficient (Wildman–Crippen LogP) is 6.56. The number of halogens is 7. The first-order chi connectivity index (χ1) is 16.2.